The molecule has 0 bridgehead atoms. The Morgan fingerprint density at radius 1 is 1.20 bits per heavy atom. The first kappa shape index (κ1) is 20.1. The van der Waals surface area contributed by atoms with E-state index in [4.69, 9.17) is 4.74 Å². The Hall–Kier alpha value is -3.19. The molecule has 7 heteroatoms. The molecule has 2 amide bonds. The van der Waals surface area contributed by atoms with Gasteiger partial charge in [-0.2, -0.15) is 0 Å². The summed E-state index contributed by atoms with van der Waals surface area (Å²) in [6, 6.07) is 15.0. The van der Waals surface area contributed by atoms with Crippen molar-refractivity contribution in [1.82, 2.24) is 9.55 Å². The number of carbonyl (C=O) groups is 2. The zero-order valence-corrected chi connectivity index (χ0v) is 17.1. The quantitative estimate of drug-likeness (QED) is 0.577. The number of hydrogen-bond acceptors (Lipinski definition) is 4. The van der Waals surface area contributed by atoms with Gasteiger partial charge in [-0.05, 0) is 50.1 Å². The van der Waals surface area contributed by atoms with Crippen LogP contribution in [0.4, 0.5) is 11.6 Å². The molecule has 1 aliphatic rings. The first-order valence-corrected chi connectivity index (χ1v) is 10.4. The van der Waals surface area contributed by atoms with Crippen LogP contribution >= 0.6 is 0 Å². The van der Waals surface area contributed by atoms with Crippen molar-refractivity contribution < 1.29 is 14.3 Å². The molecule has 0 radical (unpaired) electrons. The number of nitrogens with one attached hydrogen (secondary N) is 1. The minimum absolute atomic E-state index is 0.101. The molecule has 1 N–H and O–H groups in total. The minimum Gasteiger partial charge on any atom is -0.382 e. The van der Waals surface area contributed by atoms with Gasteiger partial charge in [-0.1, -0.05) is 18.2 Å². The molecular weight excluding hydrogens is 380 g/mol. The Balaban J connectivity index is 1.56. The molecule has 1 fully saturated rings. The highest BCUT2D eigenvalue weighted by Crippen LogP contribution is 2.24. The molecule has 2 aromatic carbocycles. The lowest BCUT2D eigenvalue weighted by molar-refractivity contribution is -0.117. The fourth-order valence-corrected chi connectivity index (χ4v) is 3.78. The van der Waals surface area contributed by atoms with Crippen LogP contribution in [0.2, 0.25) is 0 Å². The second-order valence-corrected chi connectivity index (χ2v) is 7.28. The third-order valence-corrected chi connectivity index (χ3v) is 5.25. The third-order valence-electron chi connectivity index (χ3n) is 5.25. The molecule has 2 heterocycles. The highest BCUT2D eigenvalue weighted by atomic mass is 16.5. The number of para-hydroxylation sites is 2. The number of benzene rings is 2. The van der Waals surface area contributed by atoms with E-state index in [1.165, 1.54) is 0 Å². The molecule has 0 saturated carbocycles. The maximum absolute atomic E-state index is 13.0. The molecule has 30 heavy (non-hydrogen) atoms. The largest absolute Gasteiger partial charge is 0.382 e. The number of ether oxygens (including phenoxy) is 1. The lowest BCUT2D eigenvalue weighted by atomic mass is 10.2. The van der Waals surface area contributed by atoms with E-state index in [0.717, 1.165) is 29.6 Å². The number of aryl methyl sites for hydroxylation is 1. The van der Waals surface area contributed by atoms with Crippen molar-refractivity contribution in [2.24, 2.45) is 0 Å². The summed E-state index contributed by atoms with van der Waals surface area (Å²) in [6.45, 7) is 4.70. The second kappa shape index (κ2) is 9.09. The van der Waals surface area contributed by atoms with Crippen LogP contribution in [0.3, 0.4) is 0 Å². The molecule has 1 aliphatic heterocycles. The standard InChI is InChI=1S/C23H26N4O3/c1-2-30-15-7-14-27-20-11-4-3-10-19(20)24-23(27)25-22(29)17-8-5-9-18(16-17)26-13-6-12-21(26)28/h3-5,8-11,16H,2,6-7,12-15H2,1H3,(H,24,25,29). The first-order chi connectivity index (χ1) is 14.7. The zero-order valence-electron chi connectivity index (χ0n) is 17.1. The zero-order chi connectivity index (χ0) is 20.9. The topological polar surface area (TPSA) is 76.5 Å². The van der Waals surface area contributed by atoms with Gasteiger partial charge in [0.15, 0.2) is 0 Å². The third kappa shape index (κ3) is 4.21. The van der Waals surface area contributed by atoms with E-state index in [9.17, 15) is 9.59 Å². The number of nitrogens with zero attached hydrogens (tertiary/aromatic N) is 3. The van der Waals surface area contributed by atoms with Crippen LogP contribution < -0.4 is 10.2 Å². The smallest absolute Gasteiger partial charge is 0.258 e. The molecule has 1 saturated heterocycles. The van der Waals surface area contributed by atoms with Gasteiger partial charge in [0.2, 0.25) is 11.9 Å². The van der Waals surface area contributed by atoms with Crippen molar-refractivity contribution in [2.75, 3.05) is 30.0 Å². The number of amides is 2. The van der Waals surface area contributed by atoms with Gasteiger partial charge in [-0.25, -0.2) is 4.98 Å². The van der Waals surface area contributed by atoms with Crippen LogP contribution in [-0.2, 0) is 16.1 Å². The maximum Gasteiger partial charge on any atom is 0.258 e. The molecule has 7 nitrogen and oxygen atoms in total. The van der Waals surface area contributed by atoms with Gasteiger partial charge in [-0.15, -0.1) is 0 Å². The van der Waals surface area contributed by atoms with Gasteiger partial charge in [0.05, 0.1) is 11.0 Å². The molecule has 0 aliphatic carbocycles. The first-order valence-electron chi connectivity index (χ1n) is 10.4. The summed E-state index contributed by atoms with van der Waals surface area (Å²) in [4.78, 5) is 31.4. The average molecular weight is 406 g/mol. The van der Waals surface area contributed by atoms with E-state index in [0.29, 0.717) is 44.2 Å². The number of hydrogen-bond donors (Lipinski definition) is 1. The minimum atomic E-state index is -0.245. The van der Waals surface area contributed by atoms with Gasteiger partial charge in [0.25, 0.3) is 5.91 Å². The van der Waals surface area contributed by atoms with Gasteiger partial charge < -0.3 is 14.2 Å². The lowest BCUT2D eigenvalue weighted by Gasteiger charge is -2.16. The molecular formula is C23H26N4O3. The van der Waals surface area contributed by atoms with Crippen molar-refractivity contribution in [2.45, 2.75) is 32.7 Å². The van der Waals surface area contributed by atoms with E-state index >= 15 is 0 Å². The summed E-state index contributed by atoms with van der Waals surface area (Å²) in [5.74, 6) is 0.369. The highest BCUT2D eigenvalue weighted by molar-refractivity contribution is 6.05. The molecule has 3 aromatic rings. The van der Waals surface area contributed by atoms with Crippen LogP contribution in [0.1, 0.15) is 36.5 Å². The number of aromatic nitrogens is 2. The number of anilines is 2. The fraction of sp³-hybridized carbons (Fsp3) is 0.348. The van der Waals surface area contributed by atoms with Crippen LogP contribution in [0.25, 0.3) is 11.0 Å². The van der Waals surface area contributed by atoms with Crippen molar-refractivity contribution in [1.29, 1.82) is 0 Å². The lowest BCUT2D eigenvalue weighted by Crippen LogP contribution is -2.24. The maximum atomic E-state index is 13.0. The number of fused-ring (bicyclic) bond motifs is 1. The normalized spacial score (nSPS) is 13.9. The second-order valence-electron chi connectivity index (χ2n) is 7.28. The molecule has 1 aromatic heterocycles. The number of imidazole rings is 1. The summed E-state index contributed by atoms with van der Waals surface area (Å²) in [5.41, 5.74) is 3.07. The average Bonchev–Trinajstić information content (AvgIpc) is 3.34. The Morgan fingerprint density at radius 2 is 2.07 bits per heavy atom. The molecule has 0 unspecified atom stereocenters. The van der Waals surface area contributed by atoms with E-state index in [1.54, 1.807) is 23.1 Å². The highest BCUT2D eigenvalue weighted by Gasteiger charge is 2.22. The fourth-order valence-electron chi connectivity index (χ4n) is 3.78. The summed E-state index contributed by atoms with van der Waals surface area (Å²) in [7, 11) is 0. The predicted molar refractivity (Wildman–Crippen MR) is 117 cm³/mol. The van der Waals surface area contributed by atoms with Gasteiger partial charge in [0.1, 0.15) is 0 Å². The molecule has 4 rings (SSSR count). The SMILES string of the molecule is CCOCCCn1c(NC(=O)c2cccc(N3CCCC3=O)c2)nc2ccccc21. The van der Waals surface area contributed by atoms with Gasteiger partial charge in [0, 0.05) is 44.0 Å². The number of carbonyl (C=O) groups excluding carboxylic acids is 2. The van der Waals surface area contributed by atoms with E-state index < -0.39 is 0 Å². The monoisotopic (exact) mass is 406 g/mol. The Kier molecular flexibility index (Phi) is 6.09. The Bertz CT molecular complexity index is 1060. The van der Waals surface area contributed by atoms with E-state index in [1.807, 2.05) is 41.8 Å². The molecule has 156 valence electrons. The van der Waals surface area contributed by atoms with E-state index in [2.05, 4.69) is 10.3 Å². The van der Waals surface area contributed by atoms with Crippen molar-refractivity contribution in [3.63, 3.8) is 0 Å². The van der Waals surface area contributed by atoms with Crippen LogP contribution in [-0.4, -0.2) is 41.1 Å². The summed E-state index contributed by atoms with van der Waals surface area (Å²) in [5, 5.41) is 2.95. The molecule has 0 spiro atoms. The van der Waals surface area contributed by atoms with Crippen LogP contribution in [0, 0.1) is 0 Å². The predicted octanol–water partition coefficient (Wildman–Crippen LogP) is 3.84. The van der Waals surface area contributed by atoms with Crippen molar-refractivity contribution in [3.8, 4) is 0 Å². The van der Waals surface area contributed by atoms with Gasteiger partial charge in [-0.3, -0.25) is 14.9 Å². The van der Waals surface area contributed by atoms with Crippen LogP contribution in [0.15, 0.2) is 48.5 Å². The van der Waals surface area contributed by atoms with Crippen LogP contribution in [0.5, 0.6) is 0 Å². The number of rotatable bonds is 8. The van der Waals surface area contributed by atoms with Crippen molar-refractivity contribution in [3.05, 3.63) is 54.1 Å². The van der Waals surface area contributed by atoms with E-state index in [-0.39, 0.29) is 11.8 Å². The van der Waals surface area contributed by atoms with Gasteiger partial charge >= 0.3 is 0 Å². The summed E-state index contributed by atoms with van der Waals surface area (Å²) >= 11 is 0. The Labute approximate surface area is 175 Å². The molecule has 0 atom stereocenters. The summed E-state index contributed by atoms with van der Waals surface area (Å²) in [6.07, 6.45) is 2.23. The van der Waals surface area contributed by atoms with Crippen molar-refractivity contribution >= 4 is 34.5 Å². The summed E-state index contributed by atoms with van der Waals surface area (Å²) < 4.78 is 7.47. The Morgan fingerprint density at radius 3 is 2.87 bits per heavy atom.